The highest BCUT2D eigenvalue weighted by Crippen LogP contribution is 2.15. The van der Waals surface area contributed by atoms with Crippen LogP contribution in [0.4, 0.5) is 0 Å². The molecule has 0 amide bonds. The number of hydrogen-bond donors (Lipinski definition) is 2. The molecule has 0 aliphatic rings. The Hall–Kier alpha value is -0.830. The number of aliphatic carboxylic acids is 1. The van der Waals surface area contributed by atoms with E-state index in [0.717, 1.165) is 12.8 Å². The molecule has 0 rings (SSSR count). The minimum absolute atomic E-state index is 0.232. The number of carboxylic acid groups (broad SMARTS) is 1. The quantitative estimate of drug-likeness (QED) is 0.593. The molecule has 0 aromatic carbocycles. The summed E-state index contributed by atoms with van der Waals surface area (Å²) in [7, 11) is 0. The molecule has 0 fully saturated rings. The van der Waals surface area contributed by atoms with Crippen LogP contribution in [0.25, 0.3) is 0 Å². The Balaban J connectivity index is 3.71. The van der Waals surface area contributed by atoms with Crippen LogP contribution in [0.5, 0.6) is 0 Å². The maximum absolute atomic E-state index is 10.6. The van der Waals surface area contributed by atoms with Gasteiger partial charge in [0, 0.05) is 6.54 Å². The molecule has 0 radical (unpaired) electrons. The SMILES string of the molecule is C=CCC(C)CCC(CN)C(=O)O. The van der Waals surface area contributed by atoms with E-state index in [4.69, 9.17) is 10.8 Å². The normalized spacial score (nSPS) is 14.9. The van der Waals surface area contributed by atoms with Gasteiger partial charge in [-0.1, -0.05) is 13.0 Å². The smallest absolute Gasteiger partial charge is 0.307 e. The molecule has 0 saturated carbocycles. The van der Waals surface area contributed by atoms with Crippen LogP contribution < -0.4 is 5.73 Å². The molecule has 0 aliphatic carbocycles. The van der Waals surface area contributed by atoms with Gasteiger partial charge in [-0.3, -0.25) is 4.79 Å². The van der Waals surface area contributed by atoms with Crippen molar-refractivity contribution in [3.8, 4) is 0 Å². The number of hydrogen-bond acceptors (Lipinski definition) is 2. The lowest BCUT2D eigenvalue weighted by atomic mass is 9.95. The summed E-state index contributed by atoms with van der Waals surface area (Å²) in [4.78, 5) is 10.6. The Kier molecular flexibility index (Phi) is 6.24. The lowest BCUT2D eigenvalue weighted by molar-refractivity contribution is -0.141. The van der Waals surface area contributed by atoms with E-state index in [1.807, 2.05) is 6.08 Å². The van der Waals surface area contributed by atoms with Crippen LogP contribution in [0.1, 0.15) is 26.2 Å². The summed E-state index contributed by atoms with van der Waals surface area (Å²) in [5, 5.41) is 8.72. The molecule has 0 aromatic rings. The van der Waals surface area contributed by atoms with Crippen molar-refractivity contribution in [2.75, 3.05) is 6.54 Å². The summed E-state index contributed by atoms with van der Waals surface area (Å²) >= 11 is 0. The predicted octanol–water partition coefficient (Wildman–Crippen LogP) is 1.64. The zero-order chi connectivity index (χ0) is 10.3. The Labute approximate surface area is 79.6 Å². The van der Waals surface area contributed by atoms with Gasteiger partial charge in [0.05, 0.1) is 5.92 Å². The molecule has 0 aliphatic heterocycles. The number of allylic oxidation sites excluding steroid dienone is 1. The first-order valence-electron chi connectivity index (χ1n) is 4.65. The monoisotopic (exact) mass is 185 g/mol. The molecule has 0 heterocycles. The Morgan fingerprint density at radius 3 is 2.62 bits per heavy atom. The predicted molar refractivity (Wildman–Crippen MR) is 53.4 cm³/mol. The molecule has 13 heavy (non-hydrogen) atoms. The summed E-state index contributed by atoms with van der Waals surface area (Å²) in [6, 6.07) is 0. The zero-order valence-corrected chi connectivity index (χ0v) is 8.20. The maximum Gasteiger partial charge on any atom is 0.307 e. The lowest BCUT2D eigenvalue weighted by Crippen LogP contribution is -2.23. The molecule has 3 heteroatoms. The van der Waals surface area contributed by atoms with Gasteiger partial charge in [-0.2, -0.15) is 0 Å². The van der Waals surface area contributed by atoms with Crippen molar-refractivity contribution < 1.29 is 9.90 Å². The first-order chi connectivity index (χ1) is 6.11. The van der Waals surface area contributed by atoms with Crippen LogP contribution in [0, 0.1) is 11.8 Å². The molecule has 0 bridgehead atoms. The number of carboxylic acids is 1. The molecule has 3 nitrogen and oxygen atoms in total. The first-order valence-corrected chi connectivity index (χ1v) is 4.65. The molecular weight excluding hydrogens is 166 g/mol. The van der Waals surface area contributed by atoms with E-state index in [1.165, 1.54) is 0 Å². The standard InChI is InChI=1S/C10H19NO2/c1-3-4-8(2)5-6-9(7-11)10(12)13/h3,8-9H,1,4-7,11H2,2H3,(H,12,13). The zero-order valence-electron chi connectivity index (χ0n) is 8.20. The van der Waals surface area contributed by atoms with Gasteiger partial charge in [-0.05, 0) is 25.2 Å². The van der Waals surface area contributed by atoms with Crippen molar-refractivity contribution >= 4 is 5.97 Å². The van der Waals surface area contributed by atoms with E-state index in [1.54, 1.807) is 0 Å². The highest BCUT2D eigenvalue weighted by Gasteiger charge is 2.15. The summed E-state index contributed by atoms with van der Waals surface area (Å²) in [6.45, 7) is 5.97. The van der Waals surface area contributed by atoms with Crippen LogP contribution in [-0.2, 0) is 4.79 Å². The van der Waals surface area contributed by atoms with Crippen molar-refractivity contribution in [2.24, 2.45) is 17.6 Å². The fourth-order valence-corrected chi connectivity index (χ4v) is 1.23. The largest absolute Gasteiger partial charge is 0.481 e. The van der Waals surface area contributed by atoms with E-state index in [9.17, 15) is 4.79 Å². The maximum atomic E-state index is 10.6. The molecule has 2 atom stereocenters. The lowest BCUT2D eigenvalue weighted by Gasteiger charge is -2.12. The average molecular weight is 185 g/mol. The van der Waals surface area contributed by atoms with Crippen LogP contribution in [-0.4, -0.2) is 17.6 Å². The Bertz CT molecular complexity index is 168. The second kappa shape index (κ2) is 6.66. The third kappa shape index (κ3) is 5.42. The van der Waals surface area contributed by atoms with Crippen molar-refractivity contribution in [3.05, 3.63) is 12.7 Å². The van der Waals surface area contributed by atoms with Crippen LogP contribution in [0.2, 0.25) is 0 Å². The summed E-state index contributed by atoms with van der Waals surface area (Å²) in [6.07, 6.45) is 4.38. The Morgan fingerprint density at radius 1 is 1.62 bits per heavy atom. The first kappa shape index (κ1) is 12.2. The van der Waals surface area contributed by atoms with Gasteiger partial charge < -0.3 is 10.8 Å². The molecule has 76 valence electrons. The summed E-state index contributed by atoms with van der Waals surface area (Å²) in [5.41, 5.74) is 5.33. The van der Waals surface area contributed by atoms with Crippen molar-refractivity contribution in [1.29, 1.82) is 0 Å². The van der Waals surface area contributed by atoms with E-state index in [-0.39, 0.29) is 12.5 Å². The molecule has 0 aromatic heterocycles. The van der Waals surface area contributed by atoms with Crippen molar-refractivity contribution in [1.82, 2.24) is 0 Å². The van der Waals surface area contributed by atoms with Gasteiger partial charge in [-0.25, -0.2) is 0 Å². The highest BCUT2D eigenvalue weighted by molar-refractivity contribution is 5.70. The number of nitrogens with two attached hydrogens (primary N) is 1. The minimum atomic E-state index is -0.784. The van der Waals surface area contributed by atoms with E-state index in [2.05, 4.69) is 13.5 Å². The van der Waals surface area contributed by atoms with Crippen LogP contribution in [0.3, 0.4) is 0 Å². The fraction of sp³-hybridized carbons (Fsp3) is 0.700. The fourth-order valence-electron chi connectivity index (χ4n) is 1.23. The summed E-state index contributed by atoms with van der Waals surface area (Å²) in [5.74, 6) is -0.661. The number of rotatable bonds is 7. The van der Waals surface area contributed by atoms with E-state index < -0.39 is 5.97 Å². The van der Waals surface area contributed by atoms with Gasteiger partial charge in [0.2, 0.25) is 0 Å². The second-order valence-corrected chi connectivity index (χ2v) is 3.48. The van der Waals surface area contributed by atoms with Crippen molar-refractivity contribution in [3.63, 3.8) is 0 Å². The number of carbonyl (C=O) groups is 1. The second-order valence-electron chi connectivity index (χ2n) is 3.48. The van der Waals surface area contributed by atoms with Gasteiger partial charge in [0.15, 0.2) is 0 Å². The molecule has 3 N–H and O–H groups in total. The van der Waals surface area contributed by atoms with Crippen LogP contribution in [0.15, 0.2) is 12.7 Å². The van der Waals surface area contributed by atoms with Gasteiger partial charge in [0.1, 0.15) is 0 Å². The molecular formula is C10H19NO2. The van der Waals surface area contributed by atoms with Crippen molar-refractivity contribution in [2.45, 2.75) is 26.2 Å². The topological polar surface area (TPSA) is 63.3 Å². The minimum Gasteiger partial charge on any atom is -0.481 e. The molecule has 2 unspecified atom stereocenters. The molecule has 0 saturated heterocycles. The third-order valence-electron chi connectivity index (χ3n) is 2.21. The van der Waals surface area contributed by atoms with Gasteiger partial charge in [-0.15, -0.1) is 6.58 Å². The van der Waals surface area contributed by atoms with Crippen LogP contribution >= 0.6 is 0 Å². The average Bonchev–Trinajstić information content (AvgIpc) is 2.05. The van der Waals surface area contributed by atoms with Gasteiger partial charge in [0.25, 0.3) is 0 Å². The van der Waals surface area contributed by atoms with E-state index in [0.29, 0.717) is 12.3 Å². The molecule has 0 spiro atoms. The summed E-state index contributed by atoms with van der Waals surface area (Å²) < 4.78 is 0. The highest BCUT2D eigenvalue weighted by atomic mass is 16.4. The Morgan fingerprint density at radius 2 is 2.23 bits per heavy atom. The van der Waals surface area contributed by atoms with E-state index >= 15 is 0 Å². The third-order valence-corrected chi connectivity index (χ3v) is 2.21. The van der Waals surface area contributed by atoms with Gasteiger partial charge >= 0.3 is 5.97 Å².